The summed E-state index contributed by atoms with van der Waals surface area (Å²) in [6.45, 7) is 7.85. The molecule has 0 radical (unpaired) electrons. The van der Waals surface area contributed by atoms with Crippen LogP contribution in [0.2, 0.25) is 0 Å². The maximum Gasteiger partial charge on any atom is 0.0491 e. The Bertz CT molecular complexity index is 398. The van der Waals surface area contributed by atoms with Crippen molar-refractivity contribution in [3.05, 3.63) is 35.4 Å². The van der Waals surface area contributed by atoms with Crippen LogP contribution in [0.1, 0.15) is 38.8 Å². The number of benzene rings is 1. The van der Waals surface area contributed by atoms with Gasteiger partial charge in [-0.25, -0.2) is 0 Å². The van der Waals surface area contributed by atoms with Crippen LogP contribution in [0.3, 0.4) is 0 Å². The third-order valence-corrected chi connectivity index (χ3v) is 6.06. The molecule has 18 heavy (non-hydrogen) atoms. The van der Waals surface area contributed by atoms with Gasteiger partial charge < -0.3 is 0 Å². The van der Waals surface area contributed by atoms with Gasteiger partial charge in [-0.05, 0) is 11.1 Å². The lowest BCUT2D eigenvalue weighted by Gasteiger charge is -2.12. The van der Waals surface area contributed by atoms with Gasteiger partial charge in [0.2, 0.25) is 0 Å². The molecule has 0 amide bonds. The fourth-order valence-electron chi connectivity index (χ4n) is 1.48. The molecular formula is C14H22O2S2. The summed E-state index contributed by atoms with van der Waals surface area (Å²) in [7, 11) is -1.71. The molecule has 0 aliphatic rings. The van der Waals surface area contributed by atoms with Crippen molar-refractivity contribution in [3.8, 4) is 0 Å². The van der Waals surface area contributed by atoms with E-state index in [1.54, 1.807) is 0 Å². The van der Waals surface area contributed by atoms with Crippen molar-refractivity contribution in [2.75, 3.05) is 0 Å². The lowest BCUT2D eigenvalue weighted by molar-refractivity contribution is 0.674. The van der Waals surface area contributed by atoms with Crippen LogP contribution in [0.25, 0.3) is 0 Å². The number of hydrogen-bond donors (Lipinski definition) is 0. The summed E-state index contributed by atoms with van der Waals surface area (Å²) in [5.74, 6) is 1.12. The molecule has 1 aromatic carbocycles. The second-order valence-corrected chi connectivity index (χ2v) is 8.90. The molecule has 2 unspecified atom stereocenters. The molecule has 0 saturated heterocycles. The van der Waals surface area contributed by atoms with Gasteiger partial charge in [0.15, 0.2) is 0 Å². The van der Waals surface area contributed by atoms with Crippen molar-refractivity contribution in [2.24, 2.45) is 0 Å². The van der Waals surface area contributed by atoms with Crippen LogP contribution in [-0.4, -0.2) is 18.9 Å². The van der Waals surface area contributed by atoms with Crippen molar-refractivity contribution in [1.29, 1.82) is 0 Å². The Kier molecular flexibility index (Phi) is 6.22. The van der Waals surface area contributed by atoms with Gasteiger partial charge in [0.1, 0.15) is 0 Å². The summed E-state index contributed by atoms with van der Waals surface area (Å²) in [5.41, 5.74) is 2.14. The lowest BCUT2D eigenvalue weighted by atomic mass is 10.1. The van der Waals surface area contributed by atoms with Gasteiger partial charge in [0.25, 0.3) is 0 Å². The molecule has 0 spiro atoms. The predicted octanol–water partition coefficient (Wildman–Crippen LogP) is 3.00. The highest BCUT2D eigenvalue weighted by molar-refractivity contribution is 7.85. The molecule has 0 N–H and O–H groups in total. The van der Waals surface area contributed by atoms with E-state index in [0.717, 1.165) is 11.1 Å². The van der Waals surface area contributed by atoms with Crippen LogP contribution < -0.4 is 0 Å². The third kappa shape index (κ3) is 4.65. The first-order chi connectivity index (χ1) is 8.41. The quantitative estimate of drug-likeness (QED) is 0.805. The second kappa shape index (κ2) is 7.19. The Morgan fingerprint density at radius 3 is 1.44 bits per heavy atom. The second-order valence-electron chi connectivity index (χ2n) is 4.92. The first-order valence-corrected chi connectivity index (χ1v) is 8.99. The average molecular weight is 286 g/mol. The van der Waals surface area contributed by atoms with Crippen LogP contribution >= 0.6 is 0 Å². The fraction of sp³-hybridized carbons (Fsp3) is 0.571. The van der Waals surface area contributed by atoms with Crippen molar-refractivity contribution in [1.82, 2.24) is 0 Å². The normalized spacial score (nSPS) is 15.0. The van der Waals surface area contributed by atoms with E-state index in [1.165, 1.54) is 0 Å². The zero-order valence-corrected chi connectivity index (χ0v) is 13.1. The molecule has 0 aliphatic carbocycles. The van der Waals surface area contributed by atoms with Gasteiger partial charge in [-0.2, -0.15) is 0 Å². The number of hydrogen-bond acceptors (Lipinski definition) is 2. The van der Waals surface area contributed by atoms with Crippen molar-refractivity contribution >= 4 is 21.6 Å². The Morgan fingerprint density at radius 2 is 1.17 bits per heavy atom. The fourth-order valence-corrected chi connectivity index (χ4v) is 3.32. The highest BCUT2D eigenvalue weighted by atomic mass is 32.2. The van der Waals surface area contributed by atoms with E-state index in [2.05, 4.69) is 0 Å². The topological polar surface area (TPSA) is 34.1 Å². The van der Waals surface area contributed by atoms with Crippen molar-refractivity contribution < 1.29 is 8.42 Å². The van der Waals surface area contributed by atoms with E-state index in [0.29, 0.717) is 11.5 Å². The number of rotatable bonds is 6. The molecule has 102 valence electrons. The molecule has 0 fully saturated rings. The largest absolute Gasteiger partial charge is 0.259 e. The molecule has 2 nitrogen and oxygen atoms in total. The molecule has 0 aromatic heterocycles. The third-order valence-electron chi connectivity index (χ3n) is 2.77. The molecule has 1 rings (SSSR count). The molecule has 0 heterocycles. The summed E-state index contributed by atoms with van der Waals surface area (Å²) in [5, 5.41) is 0.322. The highest BCUT2D eigenvalue weighted by Gasteiger charge is 2.12. The molecule has 1 aromatic rings. The Balaban J connectivity index is 2.86. The molecule has 2 atom stereocenters. The van der Waals surface area contributed by atoms with Crippen LogP contribution in [0, 0.1) is 0 Å². The van der Waals surface area contributed by atoms with Gasteiger partial charge in [0, 0.05) is 43.6 Å². The maximum atomic E-state index is 11.9. The molecule has 0 aliphatic heterocycles. The summed E-state index contributed by atoms with van der Waals surface area (Å²) < 4.78 is 23.8. The monoisotopic (exact) mass is 286 g/mol. The first-order valence-electron chi connectivity index (χ1n) is 6.23. The van der Waals surface area contributed by atoms with Gasteiger partial charge in [-0.1, -0.05) is 52.0 Å². The lowest BCUT2D eigenvalue weighted by Crippen LogP contribution is -2.12. The standard InChI is InChI=1S/C14H22O2S2/c1-11(2)17(15)9-13-7-5-6-8-14(13)10-18(16)12(3)4/h5-8,11-12H,9-10H2,1-4H3. The first kappa shape index (κ1) is 15.6. The van der Waals surface area contributed by atoms with Crippen LogP contribution in [0.5, 0.6) is 0 Å². The van der Waals surface area contributed by atoms with E-state index in [4.69, 9.17) is 0 Å². The van der Waals surface area contributed by atoms with Crippen LogP contribution in [0.15, 0.2) is 24.3 Å². The van der Waals surface area contributed by atoms with E-state index in [9.17, 15) is 8.42 Å². The van der Waals surface area contributed by atoms with Gasteiger partial charge >= 0.3 is 0 Å². The highest BCUT2D eigenvalue weighted by Crippen LogP contribution is 2.16. The van der Waals surface area contributed by atoms with Crippen molar-refractivity contribution in [3.63, 3.8) is 0 Å². The Labute approximate surface area is 115 Å². The minimum Gasteiger partial charge on any atom is -0.259 e. The molecule has 4 heteroatoms. The van der Waals surface area contributed by atoms with Gasteiger partial charge in [0.05, 0.1) is 0 Å². The van der Waals surface area contributed by atoms with Crippen LogP contribution in [-0.2, 0) is 33.1 Å². The Hall–Kier alpha value is -0.480. The minimum absolute atomic E-state index is 0.161. The predicted molar refractivity (Wildman–Crippen MR) is 80.4 cm³/mol. The van der Waals surface area contributed by atoms with Crippen LogP contribution in [0.4, 0.5) is 0 Å². The molecule has 0 bridgehead atoms. The van der Waals surface area contributed by atoms with E-state index >= 15 is 0 Å². The minimum atomic E-state index is -0.857. The smallest absolute Gasteiger partial charge is 0.0491 e. The summed E-state index contributed by atoms with van der Waals surface area (Å²) >= 11 is 0. The Morgan fingerprint density at radius 1 is 0.833 bits per heavy atom. The average Bonchev–Trinajstić information content (AvgIpc) is 2.31. The van der Waals surface area contributed by atoms with Gasteiger partial charge in [-0.15, -0.1) is 0 Å². The zero-order chi connectivity index (χ0) is 13.7. The summed E-state index contributed by atoms with van der Waals surface area (Å²) in [6.07, 6.45) is 0. The van der Waals surface area contributed by atoms with E-state index < -0.39 is 21.6 Å². The molecular weight excluding hydrogens is 264 g/mol. The zero-order valence-electron chi connectivity index (χ0n) is 11.5. The maximum absolute atomic E-state index is 11.9. The SMILES string of the molecule is CC(C)S(=O)Cc1ccccc1CS(=O)C(C)C. The summed E-state index contributed by atoms with van der Waals surface area (Å²) in [4.78, 5) is 0. The summed E-state index contributed by atoms with van der Waals surface area (Å²) in [6, 6.07) is 7.89. The van der Waals surface area contributed by atoms with Gasteiger partial charge in [-0.3, -0.25) is 8.42 Å². The van der Waals surface area contributed by atoms with E-state index in [-0.39, 0.29) is 10.5 Å². The van der Waals surface area contributed by atoms with Crippen molar-refractivity contribution in [2.45, 2.75) is 49.7 Å². The molecule has 0 saturated carbocycles. The van der Waals surface area contributed by atoms with E-state index in [1.807, 2.05) is 52.0 Å².